The Morgan fingerprint density at radius 1 is 1.59 bits per heavy atom. The van der Waals surface area contributed by atoms with Crippen LogP contribution in [0.15, 0.2) is 24.3 Å². The van der Waals surface area contributed by atoms with Crippen LogP contribution >= 0.6 is 0 Å². The Morgan fingerprint density at radius 2 is 2.47 bits per heavy atom. The maximum absolute atomic E-state index is 12.9. The van der Waals surface area contributed by atoms with Gasteiger partial charge in [-0.15, -0.1) is 0 Å². The number of carbonyl (C=O) groups is 1. The molecule has 1 aromatic rings. The molecule has 1 amide bonds. The monoisotopic (exact) mass is 238 g/mol. The van der Waals surface area contributed by atoms with Gasteiger partial charge in [-0.2, -0.15) is 0 Å². The van der Waals surface area contributed by atoms with Crippen LogP contribution in [0.3, 0.4) is 0 Å². The Bertz CT molecular complexity index is 392. The van der Waals surface area contributed by atoms with E-state index in [2.05, 4.69) is 10.8 Å². The van der Waals surface area contributed by atoms with Crippen molar-refractivity contribution in [3.63, 3.8) is 0 Å². The van der Waals surface area contributed by atoms with Gasteiger partial charge in [0.25, 0.3) is 5.91 Å². The average Bonchev–Trinajstić information content (AvgIpc) is 2.82. The quantitative estimate of drug-likeness (QED) is 0.772. The summed E-state index contributed by atoms with van der Waals surface area (Å²) in [5.74, 6) is -0.420. The molecule has 0 aromatic heterocycles. The minimum absolute atomic E-state index is 0.259. The van der Waals surface area contributed by atoms with Crippen LogP contribution < -0.4 is 10.8 Å². The van der Waals surface area contributed by atoms with Crippen molar-refractivity contribution in [2.24, 2.45) is 5.92 Å². The van der Waals surface area contributed by atoms with Crippen molar-refractivity contribution < 1.29 is 14.0 Å². The predicted octanol–water partition coefficient (Wildman–Crippen LogP) is 1.10. The van der Waals surface area contributed by atoms with E-state index in [1.54, 1.807) is 6.07 Å². The molecule has 2 N–H and O–H groups in total. The van der Waals surface area contributed by atoms with Crippen LogP contribution in [0.2, 0.25) is 0 Å². The SMILES string of the molecule is O=C(NOCC1CCNC1)c1cccc(F)c1. The lowest BCUT2D eigenvalue weighted by atomic mass is 10.1. The molecule has 1 atom stereocenters. The maximum Gasteiger partial charge on any atom is 0.274 e. The van der Waals surface area contributed by atoms with Crippen LogP contribution in [0.4, 0.5) is 4.39 Å². The Hall–Kier alpha value is -1.46. The van der Waals surface area contributed by atoms with Gasteiger partial charge in [0, 0.05) is 12.1 Å². The molecule has 1 fully saturated rings. The number of hydrogen-bond acceptors (Lipinski definition) is 3. The Balaban J connectivity index is 1.77. The summed E-state index contributed by atoms with van der Waals surface area (Å²) in [6.07, 6.45) is 1.05. The fourth-order valence-electron chi connectivity index (χ4n) is 1.77. The molecule has 0 saturated carbocycles. The minimum Gasteiger partial charge on any atom is -0.316 e. The molecule has 1 saturated heterocycles. The molecule has 1 heterocycles. The molecule has 1 aliphatic heterocycles. The first-order chi connectivity index (χ1) is 8.25. The number of halogens is 1. The lowest BCUT2D eigenvalue weighted by Crippen LogP contribution is -2.27. The largest absolute Gasteiger partial charge is 0.316 e. The van der Waals surface area contributed by atoms with Crippen LogP contribution in [0, 0.1) is 11.7 Å². The highest BCUT2D eigenvalue weighted by Crippen LogP contribution is 2.07. The van der Waals surface area contributed by atoms with Crippen LogP contribution in [-0.4, -0.2) is 25.6 Å². The van der Waals surface area contributed by atoms with E-state index in [-0.39, 0.29) is 5.56 Å². The van der Waals surface area contributed by atoms with Crippen LogP contribution in [0.1, 0.15) is 16.8 Å². The summed E-state index contributed by atoms with van der Waals surface area (Å²) in [6.45, 7) is 2.38. The van der Waals surface area contributed by atoms with E-state index in [1.807, 2.05) is 0 Å². The topological polar surface area (TPSA) is 50.4 Å². The molecule has 1 aliphatic rings. The van der Waals surface area contributed by atoms with Crippen molar-refractivity contribution in [1.29, 1.82) is 0 Å². The van der Waals surface area contributed by atoms with Gasteiger partial charge in [-0.25, -0.2) is 9.87 Å². The van der Waals surface area contributed by atoms with Gasteiger partial charge < -0.3 is 5.32 Å². The Labute approximate surface area is 99.1 Å². The van der Waals surface area contributed by atoms with Crippen molar-refractivity contribution in [2.75, 3.05) is 19.7 Å². The van der Waals surface area contributed by atoms with E-state index < -0.39 is 11.7 Å². The van der Waals surface area contributed by atoms with E-state index in [0.717, 1.165) is 19.5 Å². The number of carbonyl (C=O) groups excluding carboxylic acids is 1. The highest BCUT2D eigenvalue weighted by Gasteiger charge is 2.15. The summed E-state index contributed by atoms with van der Waals surface area (Å²) in [7, 11) is 0. The summed E-state index contributed by atoms with van der Waals surface area (Å²) in [4.78, 5) is 16.7. The zero-order valence-corrected chi connectivity index (χ0v) is 9.41. The summed E-state index contributed by atoms with van der Waals surface area (Å²) < 4.78 is 12.9. The molecular formula is C12H15FN2O2. The third-order valence-corrected chi connectivity index (χ3v) is 2.73. The molecule has 5 heteroatoms. The summed E-state index contributed by atoms with van der Waals surface area (Å²) in [5, 5.41) is 3.21. The van der Waals surface area contributed by atoms with E-state index in [1.165, 1.54) is 18.2 Å². The number of hydrogen-bond donors (Lipinski definition) is 2. The number of rotatable bonds is 4. The van der Waals surface area contributed by atoms with Gasteiger partial charge in [-0.1, -0.05) is 6.07 Å². The molecule has 17 heavy (non-hydrogen) atoms. The molecular weight excluding hydrogens is 223 g/mol. The zero-order valence-electron chi connectivity index (χ0n) is 9.41. The number of benzene rings is 1. The lowest BCUT2D eigenvalue weighted by Gasteiger charge is -2.09. The van der Waals surface area contributed by atoms with E-state index in [4.69, 9.17) is 4.84 Å². The summed E-state index contributed by atoms with van der Waals surface area (Å²) in [5.41, 5.74) is 2.58. The van der Waals surface area contributed by atoms with Gasteiger partial charge in [0.2, 0.25) is 0 Å². The van der Waals surface area contributed by atoms with E-state index in [0.29, 0.717) is 12.5 Å². The molecule has 0 spiro atoms. The van der Waals surface area contributed by atoms with E-state index in [9.17, 15) is 9.18 Å². The molecule has 0 aliphatic carbocycles. The molecule has 1 unspecified atom stereocenters. The highest BCUT2D eigenvalue weighted by atomic mass is 19.1. The smallest absolute Gasteiger partial charge is 0.274 e. The van der Waals surface area contributed by atoms with Gasteiger partial charge in [0.15, 0.2) is 0 Å². The molecule has 0 radical (unpaired) electrons. The van der Waals surface area contributed by atoms with Crippen molar-refractivity contribution in [2.45, 2.75) is 6.42 Å². The molecule has 4 nitrogen and oxygen atoms in total. The van der Waals surface area contributed by atoms with Gasteiger partial charge in [-0.05, 0) is 37.1 Å². The Kier molecular flexibility index (Phi) is 4.06. The van der Waals surface area contributed by atoms with Crippen molar-refractivity contribution in [3.05, 3.63) is 35.6 Å². The minimum atomic E-state index is -0.433. The maximum atomic E-state index is 12.9. The lowest BCUT2D eigenvalue weighted by molar-refractivity contribution is 0.0188. The molecule has 2 rings (SSSR count). The second kappa shape index (κ2) is 5.75. The van der Waals surface area contributed by atoms with Crippen LogP contribution in [0.25, 0.3) is 0 Å². The van der Waals surface area contributed by atoms with E-state index >= 15 is 0 Å². The third kappa shape index (κ3) is 3.51. The standard InChI is InChI=1S/C12H15FN2O2/c13-11-3-1-2-10(6-11)12(16)15-17-8-9-4-5-14-7-9/h1-3,6,9,14H,4-5,7-8H2,(H,15,16). The van der Waals surface area contributed by atoms with Gasteiger partial charge in [-0.3, -0.25) is 9.63 Å². The van der Waals surface area contributed by atoms with Crippen LogP contribution in [-0.2, 0) is 4.84 Å². The second-order valence-corrected chi connectivity index (χ2v) is 4.11. The first kappa shape index (κ1) is 12.0. The van der Waals surface area contributed by atoms with Gasteiger partial charge in [0.1, 0.15) is 5.82 Å². The van der Waals surface area contributed by atoms with Crippen molar-refractivity contribution >= 4 is 5.91 Å². The fourth-order valence-corrected chi connectivity index (χ4v) is 1.77. The number of amides is 1. The van der Waals surface area contributed by atoms with Crippen molar-refractivity contribution in [3.8, 4) is 0 Å². The molecule has 92 valence electrons. The van der Waals surface area contributed by atoms with Crippen molar-refractivity contribution in [1.82, 2.24) is 10.8 Å². The molecule has 0 bridgehead atoms. The summed E-state index contributed by atoms with van der Waals surface area (Å²) >= 11 is 0. The fraction of sp³-hybridized carbons (Fsp3) is 0.417. The van der Waals surface area contributed by atoms with Gasteiger partial charge in [0.05, 0.1) is 6.61 Å². The molecule has 1 aromatic carbocycles. The first-order valence-corrected chi connectivity index (χ1v) is 5.64. The summed E-state index contributed by atoms with van der Waals surface area (Å²) in [6, 6.07) is 5.50. The number of nitrogens with one attached hydrogen (secondary N) is 2. The predicted molar refractivity (Wildman–Crippen MR) is 60.8 cm³/mol. The number of hydroxylamine groups is 1. The Morgan fingerprint density at radius 3 is 3.18 bits per heavy atom. The van der Waals surface area contributed by atoms with Gasteiger partial charge >= 0.3 is 0 Å². The first-order valence-electron chi connectivity index (χ1n) is 5.64. The normalized spacial score (nSPS) is 19.2. The third-order valence-electron chi connectivity index (χ3n) is 2.73. The highest BCUT2D eigenvalue weighted by molar-refractivity contribution is 5.93. The van der Waals surface area contributed by atoms with Crippen LogP contribution in [0.5, 0.6) is 0 Å². The average molecular weight is 238 g/mol. The zero-order chi connectivity index (χ0) is 12.1. The second-order valence-electron chi connectivity index (χ2n) is 4.11.